The maximum absolute atomic E-state index is 11.9. The maximum Gasteiger partial charge on any atom is 0.315 e. The highest BCUT2D eigenvalue weighted by Gasteiger charge is 2.11. The van der Waals surface area contributed by atoms with Gasteiger partial charge in [0.25, 0.3) is 0 Å². The van der Waals surface area contributed by atoms with Crippen LogP contribution in [0.3, 0.4) is 0 Å². The van der Waals surface area contributed by atoms with E-state index in [1.165, 1.54) is 5.56 Å². The van der Waals surface area contributed by atoms with Crippen LogP contribution in [-0.4, -0.2) is 23.8 Å². The monoisotopic (exact) mass is 298 g/mol. The molecule has 116 valence electrons. The second-order valence-corrected chi connectivity index (χ2v) is 5.38. The molecule has 0 aromatic heterocycles. The molecular weight excluding hydrogens is 276 g/mol. The normalized spacial score (nSPS) is 11.7. The zero-order chi connectivity index (χ0) is 15.8. The van der Waals surface area contributed by atoms with Crippen LogP contribution in [-0.2, 0) is 13.0 Å². The van der Waals surface area contributed by atoms with Gasteiger partial charge in [-0.05, 0) is 24.5 Å². The van der Waals surface area contributed by atoms with E-state index in [1.54, 1.807) is 0 Å². The van der Waals surface area contributed by atoms with E-state index in [1.807, 2.05) is 61.5 Å². The first-order valence-electron chi connectivity index (χ1n) is 7.42. The van der Waals surface area contributed by atoms with Gasteiger partial charge in [-0.15, -0.1) is 0 Å². The number of aryl methyl sites for hydroxylation is 1. The number of aliphatic hydroxyl groups is 1. The summed E-state index contributed by atoms with van der Waals surface area (Å²) in [5, 5.41) is 15.0. The Labute approximate surface area is 131 Å². The fraction of sp³-hybridized carbons (Fsp3) is 0.278. The summed E-state index contributed by atoms with van der Waals surface area (Å²) < 4.78 is 0. The zero-order valence-electron chi connectivity index (χ0n) is 12.8. The van der Waals surface area contributed by atoms with E-state index in [0.717, 1.165) is 11.1 Å². The molecule has 0 aliphatic carbocycles. The van der Waals surface area contributed by atoms with Crippen molar-refractivity contribution in [1.29, 1.82) is 0 Å². The van der Waals surface area contributed by atoms with E-state index < -0.39 is 0 Å². The summed E-state index contributed by atoms with van der Waals surface area (Å²) in [6.07, 6.45) is 0.606. The summed E-state index contributed by atoms with van der Waals surface area (Å²) in [5.74, 6) is 0. The van der Waals surface area contributed by atoms with Gasteiger partial charge in [0.15, 0.2) is 0 Å². The van der Waals surface area contributed by atoms with Crippen LogP contribution in [0.25, 0.3) is 0 Å². The molecular formula is C18H22N2O2. The van der Waals surface area contributed by atoms with Crippen molar-refractivity contribution in [3.63, 3.8) is 0 Å². The largest absolute Gasteiger partial charge is 0.394 e. The molecule has 0 saturated carbocycles. The van der Waals surface area contributed by atoms with Crippen LogP contribution in [0.15, 0.2) is 54.6 Å². The molecule has 4 heteroatoms. The Morgan fingerprint density at radius 1 is 1.05 bits per heavy atom. The number of carbonyl (C=O) groups excluding carboxylic acids is 1. The number of hydrogen-bond acceptors (Lipinski definition) is 2. The fourth-order valence-electron chi connectivity index (χ4n) is 2.18. The molecule has 22 heavy (non-hydrogen) atoms. The highest BCUT2D eigenvalue weighted by molar-refractivity contribution is 5.74. The van der Waals surface area contributed by atoms with Gasteiger partial charge < -0.3 is 15.7 Å². The van der Waals surface area contributed by atoms with Gasteiger partial charge in [-0.3, -0.25) is 0 Å². The second kappa shape index (κ2) is 8.20. The third-order valence-corrected chi connectivity index (χ3v) is 3.45. The third kappa shape index (κ3) is 5.22. The van der Waals surface area contributed by atoms with Gasteiger partial charge in [0, 0.05) is 6.54 Å². The Hall–Kier alpha value is -2.33. The zero-order valence-corrected chi connectivity index (χ0v) is 12.8. The number of aliphatic hydroxyl groups excluding tert-OH is 1. The number of carbonyl (C=O) groups is 1. The Morgan fingerprint density at radius 3 is 2.36 bits per heavy atom. The number of amides is 2. The minimum Gasteiger partial charge on any atom is -0.394 e. The number of hydrogen-bond donors (Lipinski definition) is 3. The molecule has 4 nitrogen and oxygen atoms in total. The lowest BCUT2D eigenvalue weighted by molar-refractivity contribution is 0.215. The Kier molecular flexibility index (Phi) is 5.98. The van der Waals surface area contributed by atoms with Crippen LogP contribution in [0, 0.1) is 6.92 Å². The maximum atomic E-state index is 11.9. The van der Waals surface area contributed by atoms with E-state index in [4.69, 9.17) is 0 Å². The van der Waals surface area contributed by atoms with Crippen LogP contribution in [0.1, 0.15) is 16.7 Å². The van der Waals surface area contributed by atoms with Crippen molar-refractivity contribution in [3.05, 3.63) is 71.3 Å². The summed E-state index contributed by atoms with van der Waals surface area (Å²) in [5.41, 5.74) is 3.32. The standard InChI is InChI=1S/C18H22N2O2/c1-14-7-9-16(10-8-14)12-19-18(22)20-17(13-21)11-15-5-3-2-4-6-15/h2-10,17,21H,11-13H2,1H3,(H2,19,20,22). The van der Waals surface area contributed by atoms with Crippen LogP contribution in [0.5, 0.6) is 0 Å². The van der Waals surface area contributed by atoms with E-state index in [9.17, 15) is 9.90 Å². The van der Waals surface area contributed by atoms with Crippen LogP contribution in [0.2, 0.25) is 0 Å². The third-order valence-electron chi connectivity index (χ3n) is 3.45. The molecule has 0 spiro atoms. The minimum atomic E-state index is -0.291. The van der Waals surface area contributed by atoms with Gasteiger partial charge in [-0.25, -0.2) is 4.79 Å². The molecule has 2 rings (SSSR count). The van der Waals surface area contributed by atoms with Gasteiger partial charge in [-0.1, -0.05) is 60.2 Å². The van der Waals surface area contributed by atoms with Crippen molar-refractivity contribution in [2.24, 2.45) is 0 Å². The lowest BCUT2D eigenvalue weighted by Crippen LogP contribution is -2.44. The molecule has 0 radical (unpaired) electrons. The van der Waals surface area contributed by atoms with Gasteiger partial charge in [0.1, 0.15) is 0 Å². The number of rotatable bonds is 6. The number of nitrogens with one attached hydrogen (secondary N) is 2. The molecule has 0 heterocycles. The average Bonchev–Trinajstić information content (AvgIpc) is 2.54. The van der Waals surface area contributed by atoms with E-state index in [2.05, 4.69) is 10.6 Å². The van der Waals surface area contributed by atoms with E-state index in [-0.39, 0.29) is 18.7 Å². The van der Waals surface area contributed by atoms with Crippen molar-refractivity contribution in [2.45, 2.75) is 25.9 Å². The quantitative estimate of drug-likeness (QED) is 0.767. The molecule has 1 atom stereocenters. The Bertz CT molecular complexity index is 582. The molecule has 0 fully saturated rings. The smallest absolute Gasteiger partial charge is 0.315 e. The first-order valence-corrected chi connectivity index (χ1v) is 7.42. The van der Waals surface area contributed by atoms with Crippen molar-refractivity contribution in [3.8, 4) is 0 Å². The van der Waals surface area contributed by atoms with Crippen molar-refractivity contribution < 1.29 is 9.90 Å². The SMILES string of the molecule is Cc1ccc(CNC(=O)NC(CO)Cc2ccccc2)cc1. The lowest BCUT2D eigenvalue weighted by Gasteiger charge is -2.17. The lowest BCUT2D eigenvalue weighted by atomic mass is 10.1. The average molecular weight is 298 g/mol. The molecule has 0 bridgehead atoms. The van der Waals surface area contributed by atoms with Crippen molar-refractivity contribution >= 4 is 6.03 Å². The number of urea groups is 1. The second-order valence-electron chi connectivity index (χ2n) is 5.38. The molecule has 0 aliphatic rings. The van der Waals surface area contributed by atoms with Crippen molar-refractivity contribution in [1.82, 2.24) is 10.6 Å². The minimum absolute atomic E-state index is 0.0904. The summed E-state index contributed by atoms with van der Waals surface area (Å²) in [6, 6.07) is 17.2. The van der Waals surface area contributed by atoms with Crippen LogP contribution < -0.4 is 10.6 Å². The highest BCUT2D eigenvalue weighted by atomic mass is 16.3. The molecule has 2 aromatic carbocycles. The first kappa shape index (κ1) is 16.0. The van der Waals surface area contributed by atoms with Crippen molar-refractivity contribution in [2.75, 3.05) is 6.61 Å². The van der Waals surface area contributed by atoms with E-state index in [0.29, 0.717) is 13.0 Å². The van der Waals surface area contributed by atoms with Gasteiger partial charge >= 0.3 is 6.03 Å². The predicted molar refractivity (Wildman–Crippen MR) is 87.6 cm³/mol. The number of benzene rings is 2. The summed E-state index contributed by atoms with van der Waals surface area (Å²) in [4.78, 5) is 11.9. The predicted octanol–water partition coefficient (Wildman–Crippen LogP) is 2.40. The molecule has 0 saturated heterocycles. The van der Waals surface area contributed by atoms with Gasteiger partial charge in [0.2, 0.25) is 0 Å². The topological polar surface area (TPSA) is 61.4 Å². The van der Waals surface area contributed by atoms with E-state index >= 15 is 0 Å². The highest BCUT2D eigenvalue weighted by Crippen LogP contribution is 2.04. The summed E-state index contributed by atoms with van der Waals surface area (Å²) >= 11 is 0. The van der Waals surface area contributed by atoms with Crippen LogP contribution >= 0.6 is 0 Å². The van der Waals surface area contributed by atoms with Gasteiger partial charge in [-0.2, -0.15) is 0 Å². The summed E-state index contributed by atoms with van der Waals surface area (Å²) in [7, 11) is 0. The Morgan fingerprint density at radius 2 is 1.73 bits per heavy atom. The molecule has 3 N–H and O–H groups in total. The first-order chi connectivity index (χ1) is 10.7. The molecule has 2 aromatic rings. The molecule has 0 aliphatic heterocycles. The summed E-state index contributed by atoms with van der Waals surface area (Å²) in [6.45, 7) is 2.40. The fourth-order valence-corrected chi connectivity index (χ4v) is 2.18. The van der Waals surface area contributed by atoms with Crippen LogP contribution in [0.4, 0.5) is 4.79 Å². The van der Waals surface area contributed by atoms with Gasteiger partial charge in [0.05, 0.1) is 12.6 Å². The molecule has 2 amide bonds. The molecule has 1 unspecified atom stereocenters. The Balaban J connectivity index is 1.80.